The Morgan fingerprint density at radius 1 is 1.03 bits per heavy atom. The maximum atomic E-state index is 11.6. The molecule has 4 aromatic rings. The molecule has 1 aliphatic rings. The van der Waals surface area contributed by atoms with Gasteiger partial charge in [-0.15, -0.1) is 0 Å². The second-order valence-electron chi connectivity index (χ2n) is 8.71. The Bertz CT molecular complexity index is 1430. The molecule has 1 aliphatic heterocycles. The van der Waals surface area contributed by atoms with Crippen LogP contribution in [0, 0.1) is 13.8 Å². The molecule has 2 N–H and O–H groups in total. The fraction of sp³-hybridized carbons (Fsp3) is 0.179. The van der Waals surface area contributed by atoms with E-state index >= 15 is 0 Å². The summed E-state index contributed by atoms with van der Waals surface area (Å²) >= 11 is 5.84. The predicted molar refractivity (Wildman–Crippen MR) is 143 cm³/mol. The van der Waals surface area contributed by atoms with Crippen molar-refractivity contribution in [3.8, 4) is 11.4 Å². The maximum absolute atomic E-state index is 11.6. The summed E-state index contributed by atoms with van der Waals surface area (Å²) in [6.07, 6.45) is 1.79. The lowest BCUT2D eigenvalue weighted by molar-refractivity contribution is 0.0697. The average molecular weight is 499 g/mol. The third-order valence-electron chi connectivity index (χ3n) is 6.59. The van der Waals surface area contributed by atoms with Crippen molar-refractivity contribution < 1.29 is 14.6 Å². The van der Waals surface area contributed by atoms with E-state index in [0.717, 1.165) is 39.8 Å². The van der Waals surface area contributed by atoms with E-state index in [2.05, 4.69) is 32.8 Å². The van der Waals surface area contributed by atoms with Gasteiger partial charge < -0.3 is 24.6 Å². The summed E-state index contributed by atoms with van der Waals surface area (Å²) in [5.41, 5.74) is 5.95. The molecule has 182 valence electrons. The average Bonchev–Trinajstić information content (AvgIpc) is 3.39. The van der Waals surface area contributed by atoms with Crippen molar-refractivity contribution in [2.45, 2.75) is 25.9 Å². The molecule has 1 fully saturated rings. The quantitative estimate of drug-likeness (QED) is 0.346. The highest BCUT2D eigenvalue weighted by molar-refractivity contribution is 7.80. The van der Waals surface area contributed by atoms with E-state index < -0.39 is 5.97 Å². The first-order chi connectivity index (χ1) is 17.4. The fourth-order valence-corrected chi connectivity index (χ4v) is 5.30. The van der Waals surface area contributed by atoms with Crippen molar-refractivity contribution in [3.05, 3.63) is 107 Å². The number of pyridine rings is 1. The summed E-state index contributed by atoms with van der Waals surface area (Å²) in [7, 11) is 1.64. The Morgan fingerprint density at radius 2 is 1.81 bits per heavy atom. The van der Waals surface area contributed by atoms with Crippen LogP contribution in [0.15, 0.2) is 79.0 Å². The van der Waals surface area contributed by atoms with Gasteiger partial charge in [0, 0.05) is 29.0 Å². The lowest BCUT2D eigenvalue weighted by Crippen LogP contribution is -2.29. The Hall–Kier alpha value is -4.17. The van der Waals surface area contributed by atoms with Gasteiger partial charge in [-0.25, -0.2) is 4.79 Å². The van der Waals surface area contributed by atoms with E-state index in [1.807, 2.05) is 55.5 Å². The molecule has 0 aliphatic carbocycles. The number of nitrogens with zero attached hydrogens (tertiary/aromatic N) is 3. The lowest BCUT2D eigenvalue weighted by atomic mass is 9.96. The molecular weight excluding hydrogens is 472 g/mol. The zero-order valence-electron chi connectivity index (χ0n) is 20.2. The normalized spacial score (nSPS) is 17.2. The molecule has 3 heterocycles. The zero-order chi connectivity index (χ0) is 25.4. The highest BCUT2D eigenvalue weighted by Gasteiger charge is 2.42. The zero-order valence-corrected chi connectivity index (χ0v) is 21.0. The van der Waals surface area contributed by atoms with Crippen LogP contribution in [0.1, 0.15) is 45.1 Å². The molecule has 8 heteroatoms. The van der Waals surface area contributed by atoms with E-state index in [9.17, 15) is 9.90 Å². The van der Waals surface area contributed by atoms with E-state index in [0.29, 0.717) is 5.11 Å². The van der Waals surface area contributed by atoms with E-state index in [1.165, 1.54) is 0 Å². The molecule has 2 aromatic carbocycles. The van der Waals surface area contributed by atoms with Gasteiger partial charge >= 0.3 is 5.97 Å². The number of thiocarbonyl (C=S) groups is 1. The largest absolute Gasteiger partial charge is 0.497 e. The van der Waals surface area contributed by atoms with Crippen LogP contribution in [0.2, 0.25) is 0 Å². The number of carboxylic acid groups (broad SMARTS) is 1. The van der Waals surface area contributed by atoms with Gasteiger partial charge in [-0.3, -0.25) is 4.98 Å². The maximum Gasteiger partial charge on any atom is 0.335 e. The van der Waals surface area contributed by atoms with Crippen LogP contribution < -0.4 is 15.0 Å². The van der Waals surface area contributed by atoms with E-state index in [4.69, 9.17) is 17.0 Å². The SMILES string of the molecule is COc1ccc(N2C(=S)N[C@@H](c3ccccn3)[C@H]2c2cc(C)n(-c3cccc(C(=O)O)c3)c2C)cc1. The van der Waals surface area contributed by atoms with Gasteiger partial charge in [-0.1, -0.05) is 12.1 Å². The first-order valence-electron chi connectivity index (χ1n) is 11.6. The molecule has 0 bridgehead atoms. The summed E-state index contributed by atoms with van der Waals surface area (Å²) in [6.45, 7) is 4.08. The molecule has 0 unspecified atom stereocenters. The number of carboxylic acids is 1. The summed E-state index contributed by atoms with van der Waals surface area (Å²) < 4.78 is 7.44. The molecule has 2 aromatic heterocycles. The molecule has 0 amide bonds. The number of aryl methyl sites for hydroxylation is 1. The number of aromatic nitrogens is 2. The number of aromatic carboxylic acids is 1. The van der Waals surface area contributed by atoms with Crippen LogP contribution in [-0.2, 0) is 0 Å². The van der Waals surface area contributed by atoms with E-state index in [1.54, 1.807) is 31.5 Å². The monoisotopic (exact) mass is 498 g/mol. The van der Waals surface area contributed by atoms with Gasteiger partial charge in [-0.05, 0) is 92.3 Å². The standard InChI is InChI=1S/C28H26N4O3S/c1-17-15-23(18(2)31(17)21-8-6-7-19(16-21)27(33)34)26-25(24-9-4-5-14-29-24)30-28(36)32(26)20-10-12-22(35-3)13-11-20/h4-16,25-26H,1-3H3,(H,30,36)(H,33,34)/t25-,26+/m0/s1. The first kappa shape index (κ1) is 23.6. The number of carbonyl (C=O) groups is 1. The van der Waals surface area contributed by atoms with Crippen LogP contribution in [0.5, 0.6) is 5.75 Å². The number of anilines is 1. The molecule has 36 heavy (non-hydrogen) atoms. The van der Waals surface area contributed by atoms with Crippen molar-refractivity contribution in [3.63, 3.8) is 0 Å². The Kier molecular flexibility index (Phi) is 6.20. The van der Waals surface area contributed by atoms with Crippen LogP contribution in [0.25, 0.3) is 5.69 Å². The van der Waals surface area contributed by atoms with E-state index in [-0.39, 0.29) is 17.6 Å². The Labute approximate surface area is 215 Å². The number of methoxy groups -OCH3 is 1. The number of rotatable bonds is 6. The summed E-state index contributed by atoms with van der Waals surface area (Å²) in [6, 6.07) is 22.5. The minimum atomic E-state index is -0.953. The van der Waals surface area contributed by atoms with Gasteiger partial charge in [0.05, 0.1) is 30.5 Å². The molecule has 2 atom stereocenters. The molecule has 5 rings (SSSR count). The molecule has 0 radical (unpaired) electrons. The minimum Gasteiger partial charge on any atom is -0.497 e. The number of hydrogen-bond acceptors (Lipinski definition) is 4. The summed E-state index contributed by atoms with van der Waals surface area (Å²) in [4.78, 5) is 18.3. The molecule has 1 saturated heterocycles. The lowest BCUT2D eigenvalue weighted by Gasteiger charge is -2.28. The first-order valence-corrected chi connectivity index (χ1v) is 12.0. The van der Waals surface area contributed by atoms with Gasteiger partial charge in [0.15, 0.2) is 5.11 Å². The van der Waals surface area contributed by atoms with Gasteiger partial charge in [0.2, 0.25) is 0 Å². The number of ether oxygens (including phenoxy) is 1. The smallest absolute Gasteiger partial charge is 0.335 e. The summed E-state index contributed by atoms with van der Waals surface area (Å²) in [5, 5.41) is 13.6. The van der Waals surface area contributed by atoms with Crippen molar-refractivity contribution in [2.75, 3.05) is 12.0 Å². The molecule has 7 nitrogen and oxygen atoms in total. The Balaban J connectivity index is 1.66. The highest BCUT2D eigenvalue weighted by Crippen LogP contribution is 2.44. The van der Waals surface area contributed by atoms with Crippen molar-refractivity contribution >= 4 is 29.0 Å². The predicted octanol–water partition coefficient (Wildman–Crippen LogP) is 5.37. The molecular formula is C28H26N4O3S. The second-order valence-corrected chi connectivity index (χ2v) is 9.10. The van der Waals surface area contributed by atoms with Gasteiger partial charge in [0.25, 0.3) is 0 Å². The number of hydrogen-bond donors (Lipinski definition) is 2. The van der Waals surface area contributed by atoms with Crippen molar-refractivity contribution in [2.24, 2.45) is 0 Å². The number of nitrogens with one attached hydrogen (secondary N) is 1. The van der Waals surface area contributed by atoms with Crippen molar-refractivity contribution in [1.82, 2.24) is 14.9 Å². The topological polar surface area (TPSA) is 79.6 Å². The van der Waals surface area contributed by atoms with Crippen molar-refractivity contribution in [1.29, 1.82) is 0 Å². The Morgan fingerprint density at radius 3 is 2.47 bits per heavy atom. The van der Waals surface area contributed by atoms with Crippen LogP contribution in [0.3, 0.4) is 0 Å². The van der Waals surface area contributed by atoms with Gasteiger partial charge in [-0.2, -0.15) is 0 Å². The molecule has 0 spiro atoms. The molecule has 0 saturated carbocycles. The second kappa shape index (κ2) is 9.47. The van der Waals surface area contributed by atoms with Gasteiger partial charge in [0.1, 0.15) is 5.75 Å². The minimum absolute atomic E-state index is 0.177. The third-order valence-corrected chi connectivity index (χ3v) is 6.90. The fourth-order valence-electron chi connectivity index (χ4n) is 4.95. The highest BCUT2D eigenvalue weighted by atomic mass is 32.1. The van der Waals surface area contributed by atoms with Crippen LogP contribution in [-0.4, -0.2) is 32.8 Å². The third kappa shape index (κ3) is 4.09. The number of benzene rings is 2. The van der Waals surface area contributed by atoms with Crippen LogP contribution in [0.4, 0.5) is 5.69 Å². The van der Waals surface area contributed by atoms with Crippen LogP contribution >= 0.6 is 12.2 Å². The summed E-state index contributed by atoms with van der Waals surface area (Å²) in [5.74, 6) is -0.183.